The van der Waals surface area contributed by atoms with Crippen LogP contribution in [-0.4, -0.2) is 35.1 Å². The number of carbonyl (C=O) groups is 2. The Morgan fingerprint density at radius 1 is 1.21 bits per heavy atom. The third kappa shape index (κ3) is 6.18. The molecule has 0 aliphatic carbocycles. The number of rotatable bonds is 7. The zero-order valence-corrected chi connectivity index (χ0v) is 17.0. The average Bonchev–Trinajstić information content (AvgIpc) is 3.04. The van der Waals surface area contributed by atoms with E-state index in [1.54, 1.807) is 6.21 Å². The molecular formula is C21H22N4O3S. The summed E-state index contributed by atoms with van der Waals surface area (Å²) in [4.78, 5) is 24.3. The van der Waals surface area contributed by atoms with Gasteiger partial charge in [-0.2, -0.15) is 5.10 Å². The minimum absolute atomic E-state index is 0.0615. The van der Waals surface area contributed by atoms with Crippen LogP contribution in [0, 0.1) is 6.92 Å². The molecule has 0 aromatic heterocycles. The number of nitrogens with zero attached hydrogens (tertiary/aromatic N) is 2. The fourth-order valence-electron chi connectivity index (χ4n) is 2.57. The number of carbonyl (C=O) groups excluding carboxylic acids is 2. The van der Waals surface area contributed by atoms with Crippen molar-refractivity contribution < 1.29 is 14.3 Å². The molecule has 2 N–H and O–H groups in total. The van der Waals surface area contributed by atoms with Gasteiger partial charge in [0.25, 0.3) is 0 Å². The van der Waals surface area contributed by atoms with E-state index in [9.17, 15) is 9.59 Å². The number of aryl methyl sites for hydroxylation is 1. The number of ether oxygens (including phenoxy) is 1. The lowest BCUT2D eigenvalue weighted by atomic mass is 10.2. The highest BCUT2D eigenvalue weighted by molar-refractivity contribution is 8.15. The second-order valence-electron chi connectivity index (χ2n) is 6.37. The Balaban J connectivity index is 1.52. The van der Waals surface area contributed by atoms with Crippen molar-refractivity contribution in [3.63, 3.8) is 0 Å². The number of nitrogens with one attached hydrogen (secondary N) is 2. The summed E-state index contributed by atoms with van der Waals surface area (Å²) in [5.74, 6) is 0.325. The van der Waals surface area contributed by atoms with Crippen LogP contribution in [0.1, 0.15) is 24.5 Å². The van der Waals surface area contributed by atoms with Gasteiger partial charge in [0, 0.05) is 12.1 Å². The van der Waals surface area contributed by atoms with Gasteiger partial charge in [0.1, 0.15) is 11.0 Å². The van der Waals surface area contributed by atoms with Crippen LogP contribution in [0.25, 0.3) is 0 Å². The Morgan fingerprint density at radius 2 is 1.93 bits per heavy atom. The van der Waals surface area contributed by atoms with Crippen molar-refractivity contribution in [2.75, 3.05) is 11.9 Å². The Morgan fingerprint density at radius 3 is 2.62 bits per heavy atom. The van der Waals surface area contributed by atoms with Crippen LogP contribution in [-0.2, 0) is 9.59 Å². The molecule has 2 amide bonds. The molecular weight excluding hydrogens is 388 g/mol. The van der Waals surface area contributed by atoms with Gasteiger partial charge < -0.3 is 15.4 Å². The Labute approximate surface area is 173 Å². The zero-order valence-electron chi connectivity index (χ0n) is 16.2. The van der Waals surface area contributed by atoms with Crippen LogP contribution in [0.2, 0.25) is 0 Å². The molecule has 8 heteroatoms. The Hall–Kier alpha value is -3.13. The molecule has 150 valence electrons. The highest BCUT2D eigenvalue weighted by Gasteiger charge is 2.32. The molecule has 1 aliphatic heterocycles. The molecule has 0 spiro atoms. The predicted octanol–water partition coefficient (Wildman–Crippen LogP) is 3.34. The summed E-state index contributed by atoms with van der Waals surface area (Å²) in [6.45, 7) is 4.52. The van der Waals surface area contributed by atoms with E-state index in [4.69, 9.17) is 4.74 Å². The monoisotopic (exact) mass is 410 g/mol. The van der Waals surface area contributed by atoms with E-state index >= 15 is 0 Å². The third-order valence-corrected chi connectivity index (χ3v) is 5.10. The van der Waals surface area contributed by atoms with Crippen molar-refractivity contribution in [3.05, 3.63) is 59.7 Å². The van der Waals surface area contributed by atoms with Gasteiger partial charge >= 0.3 is 0 Å². The van der Waals surface area contributed by atoms with Crippen LogP contribution in [0.15, 0.2) is 58.7 Å². The van der Waals surface area contributed by atoms with Gasteiger partial charge in [0.15, 0.2) is 5.17 Å². The maximum atomic E-state index is 12.2. The van der Waals surface area contributed by atoms with Gasteiger partial charge in [0.2, 0.25) is 11.8 Å². The third-order valence-electron chi connectivity index (χ3n) is 4.03. The van der Waals surface area contributed by atoms with Crippen LogP contribution in [0.3, 0.4) is 0 Å². The largest absolute Gasteiger partial charge is 0.494 e. The first-order valence-electron chi connectivity index (χ1n) is 9.21. The van der Waals surface area contributed by atoms with Crippen LogP contribution in [0.5, 0.6) is 5.75 Å². The summed E-state index contributed by atoms with van der Waals surface area (Å²) in [5, 5.41) is 13.3. The van der Waals surface area contributed by atoms with Gasteiger partial charge in [-0.25, -0.2) is 0 Å². The molecule has 1 aliphatic rings. The summed E-state index contributed by atoms with van der Waals surface area (Å²) in [5.41, 5.74) is 2.68. The smallest absolute Gasteiger partial charge is 0.240 e. The first-order valence-corrected chi connectivity index (χ1v) is 10.1. The second-order valence-corrected chi connectivity index (χ2v) is 7.56. The second kappa shape index (κ2) is 9.88. The summed E-state index contributed by atoms with van der Waals surface area (Å²) in [7, 11) is 0. The molecule has 7 nitrogen and oxygen atoms in total. The fourth-order valence-corrected chi connectivity index (χ4v) is 3.49. The molecule has 1 unspecified atom stereocenters. The van der Waals surface area contributed by atoms with Gasteiger partial charge in [-0.1, -0.05) is 29.5 Å². The van der Waals surface area contributed by atoms with E-state index in [1.165, 1.54) is 11.8 Å². The van der Waals surface area contributed by atoms with Crippen LogP contribution in [0.4, 0.5) is 5.69 Å². The predicted molar refractivity (Wildman–Crippen MR) is 117 cm³/mol. The van der Waals surface area contributed by atoms with Crippen molar-refractivity contribution in [1.82, 2.24) is 5.32 Å². The molecule has 0 radical (unpaired) electrons. The van der Waals surface area contributed by atoms with E-state index in [-0.39, 0.29) is 18.2 Å². The standard InChI is InChI=1S/C21H22N4O3S/c1-3-28-17-10-6-15(7-11-17)13-22-25-21-24-20(27)18(29-21)12-19(26)23-16-8-4-14(2)5-9-16/h4-11,13,18H,3,12H2,1-2H3,(H,23,26)(H,24,25,27). The number of amides is 2. The molecule has 1 fully saturated rings. The highest BCUT2D eigenvalue weighted by atomic mass is 32.2. The molecule has 3 rings (SSSR count). The van der Waals surface area contributed by atoms with E-state index < -0.39 is 5.25 Å². The summed E-state index contributed by atoms with van der Waals surface area (Å²) in [6, 6.07) is 14.9. The number of amidine groups is 1. The number of hydrogen-bond donors (Lipinski definition) is 2. The Bertz CT molecular complexity index is 924. The first-order chi connectivity index (χ1) is 14.0. The summed E-state index contributed by atoms with van der Waals surface area (Å²) < 4.78 is 5.39. The van der Waals surface area contributed by atoms with E-state index in [1.807, 2.05) is 62.4 Å². The van der Waals surface area contributed by atoms with Gasteiger partial charge in [-0.15, -0.1) is 5.10 Å². The minimum atomic E-state index is -0.528. The molecule has 1 atom stereocenters. The van der Waals surface area contributed by atoms with Crippen LogP contribution < -0.4 is 15.4 Å². The molecule has 1 heterocycles. The van der Waals surface area contributed by atoms with E-state index in [2.05, 4.69) is 20.8 Å². The normalized spacial score (nSPS) is 17.5. The lowest BCUT2D eigenvalue weighted by Crippen LogP contribution is -2.28. The number of hydrogen-bond acceptors (Lipinski definition) is 6. The molecule has 2 aromatic rings. The SMILES string of the molecule is CCOc1ccc(C=N/N=C2\NC(=O)C(CC(=O)Nc3ccc(C)cc3)S2)cc1. The summed E-state index contributed by atoms with van der Waals surface area (Å²) >= 11 is 1.20. The van der Waals surface area contributed by atoms with E-state index in [0.717, 1.165) is 16.9 Å². The van der Waals surface area contributed by atoms with Crippen molar-refractivity contribution >= 4 is 40.6 Å². The zero-order chi connectivity index (χ0) is 20.6. The Kier molecular flexibility index (Phi) is 7.02. The van der Waals surface area contributed by atoms with Crippen molar-refractivity contribution in [2.45, 2.75) is 25.5 Å². The van der Waals surface area contributed by atoms with Crippen molar-refractivity contribution in [2.24, 2.45) is 10.2 Å². The quantitative estimate of drug-likeness (QED) is 0.541. The maximum absolute atomic E-state index is 12.2. The van der Waals surface area contributed by atoms with Gasteiger partial charge in [-0.3, -0.25) is 9.59 Å². The van der Waals surface area contributed by atoms with Crippen molar-refractivity contribution in [1.29, 1.82) is 0 Å². The topological polar surface area (TPSA) is 92.2 Å². The summed E-state index contributed by atoms with van der Waals surface area (Å²) in [6.07, 6.45) is 1.65. The lowest BCUT2D eigenvalue weighted by molar-refractivity contribution is -0.122. The van der Waals surface area contributed by atoms with Gasteiger partial charge in [0.05, 0.1) is 12.8 Å². The lowest BCUT2D eigenvalue weighted by Gasteiger charge is -2.07. The molecule has 1 saturated heterocycles. The molecule has 0 saturated carbocycles. The average molecular weight is 410 g/mol. The number of benzene rings is 2. The number of anilines is 1. The van der Waals surface area contributed by atoms with Crippen LogP contribution >= 0.6 is 11.8 Å². The minimum Gasteiger partial charge on any atom is -0.494 e. The van der Waals surface area contributed by atoms with E-state index in [0.29, 0.717) is 17.5 Å². The van der Waals surface area contributed by atoms with Gasteiger partial charge in [-0.05, 0) is 55.8 Å². The maximum Gasteiger partial charge on any atom is 0.240 e. The highest BCUT2D eigenvalue weighted by Crippen LogP contribution is 2.23. The molecule has 29 heavy (non-hydrogen) atoms. The molecule has 2 aromatic carbocycles. The van der Waals surface area contributed by atoms with Crippen molar-refractivity contribution in [3.8, 4) is 5.75 Å². The molecule has 0 bridgehead atoms. The first kappa shape index (κ1) is 20.6. The number of thioether (sulfide) groups is 1. The fraction of sp³-hybridized carbons (Fsp3) is 0.238.